The van der Waals surface area contributed by atoms with Crippen molar-refractivity contribution in [3.05, 3.63) is 86.8 Å². The number of H-pyrrole nitrogens is 1. The molecular formula is C21H15N5O5. The summed E-state index contributed by atoms with van der Waals surface area (Å²) in [4.78, 5) is 22.5. The number of aromatic nitrogens is 2. The Balaban J connectivity index is 1.88. The fourth-order valence-corrected chi connectivity index (χ4v) is 3.50. The number of hydrogen-bond acceptors (Lipinski definition) is 8. The van der Waals surface area contributed by atoms with Crippen molar-refractivity contribution < 1.29 is 19.2 Å². The average Bonchev–Trinajstić information content (AvgIpc) is 3.21. The van der Waals surface area contributed by atoms with Crippen molar-refractivity contribution in [1.29, 1.82) is 5.26 Å². The van der Waals surface area contributed by atoms with E-state index in [-0.39, 0.29) is 23.0 Å². The minimum absolute atomic E-state index is 0.0888. The summed E-state index contributed by atoms with van der Waals surface area (Å²) in [6.45, 7) is 0. The second kappa shape index (κ2) is 7.64. The first-order chi connectivity index (χ1) is 14.9. The van der Waals surface area contributed by atoms with Gasteiger partial charge in [-0.15, -0.1) is 5.10 Å². The van der Waals surface area contributed by atoms with Crippen molar-refractivity contribution in [3.63, 3.8) is 0 Å². The first kappa shape index (κ1) is 19.7. The molecule has 1 atom stereocenters. The Morgan fingerprint density at radius 3 is 2.71 bits per heavy atom. The Kier molecular flexibility index (Phi) is 4.85. The van der Waals surface area contributed by atoms with Crippen LogP contribution in [0.4, 0.5) is 5.69 Å². The molecule has 1 aliphatic rings. The molecule has 31 heavy (non-hydrogen) atoms. The van der Waals surface area contributed by atoms with Crippen LogP contribution in [0.3, 0.4) is 0 Å². The van der Waals surface area contributed by atoms with Crippen LogP contribution < -0.4 is 10.5 Å². The molecule has 0 spiro atoms. The number of rotatable bonds is 4. The number of nitrogens with zero attached hydrogens (tertiary/aromatic N) is 3. The summed E-state index contributed by atoms with van der Waals surface area (Å²) in [5, 5.41) is 27.9. The van der Waals surface area contributed by atoms with E-state index in [9.17, 15) is 20.2 Å². The molecule has 2 aromatic carbocycles. The lowest BCUT2D eigenvalue weighted by molar-refractivity contribution is -0.384. The maximum Gasteiger partial charge on any atom is 0.337 e. The number of allylic oxidation sites excluding steroid dienone is 1. The molecule has 3 aromatic rings. The van der Waals surface area contributed by atoms with Crippen LogP contribution in [-0.2, 0) is 4.74 Å². The van der Waals surface area contributed by atoms with E-state index in [4.69, 9.17) is 15.2 Å². The van der Waals surface area contributed by atoms with Crippen LogP contribution >= 0.6 is 0 Å². The van der Waals surface area contributed by atoms with Gasteiger partial charge in [0.2, 0.25) is 11.8 Å². The van der Waals surface area contributed by atoms with Crippen molar-refractivity contribution in [2.75, 3.05) is 7.11 Å². The van der Waals surface area contributed by atoms with Crippen LogP contribution in [0.2, 0.25) is 0 Å². The predicted octanol–water partition coefficient (Wildman–Crippen LogP) is 2.99. The number of ether oxygens (including phenoxy) is 2. The van der Waals surface area contributed by atoms with Gasteiger partial charge in [-0.25, -0.2) is 4.79 Å². The molecule has 10 heteroatoms. The zero-order valence-electron chi connectivity index (χ0n) is 16.2. The molecule has 0 saturated carbocycles. The van der Waals surface area contributed by atoms with Crippen molar-refractivity contribution in [3.8, 4) is 23.2 Å². The standard InChI is InChI=1S/C21H15N5O5/c1-30-21(27)12-7-5-11(6-8-12)16-15(10-22)19(23)31-20-17(16)18(24-25-20)13-3-2-4-14(9-13)26(28)29/h2-9,16H,23H2,1H3,(H,24,25). The molecule has 1 aromatic heterocycles. The number of esters is 1. The normalized spacial score (nSPS) is 14.9. The number of nitriles is 1. The zero-order chi connectivity index (χ0) is 22.1. The van der Waals surface area contributed by atoms with Crippen molar-refractivity contribution >= 4 is 11.7 Å². The maximum absolute atomic E-state index is 11.8. The SMILES string of the molecule is COC(=O)c1ccc(C2C(C#N)=C(N)Oc3n[nH]c(-c4cccc([N+](=O)[O-])c4)c32)cc1. The van der Waals surface area contributed by atoms with E-state index in [2.05, 4.69) is 16.3 Å². The average molecular weight is 417 g/mol. The van der Waals surface area contributed by atoms with E-state index in [1.54, 1.807) is 36.4 Å². The van der Waals surface area contributed by atoms with Gasteiger partial charge >= 0.3 is 5.97 Å². The van der Waals surface area contributed by atoms with E-state index in [0.717, 1.165) is 0 Å². The summed E-state index contributed by atoms with van der Waals surface area (Å²) in [5.74, 6) is -1.07. The van der Waals surface area contributed by atoms with Crippen LogP contribution in [0.5, 0.6) is 5.88 Å². The van der Waals surface area contributed by atoms with Gasteiger partial charge in [-0.1, -0.05) is 24.3 Å². The number of carbonyl (C=O) groups is 1. The maximum atomic E-state index is 11.8. The highest BCUT2D eigenvalue weighted by molar-refractivity contribution is 5.89. The molecule has 154 valence electrons. The first-order valence-corrected chi connectivity index (χ1v) is 9.03. The van der Waals surface area contributed by atoms with Crippen molar-refractivity contribution in [2.24, 2.45) is 5.73 Å². The number of nitrogens with one attached hydrogen (secondary N) is 1. The van der Waals surface area contributed by atoms with Crippen LogP contribution in [0.15, 0.2) is 60.0 Å². The lowest BCUT2D eigenvalue weighted by atomic mass is 9.82. The third kappa shape index (κ3) is 3.34. The molecule has 0 radical (unpaired) electrons. The molecule has 1 aliphatic heterocycles. The number of nitro benzene ring substituents is 1. The second-order valence-electron chi connectivity index (χ2n) is 6.66. The van der Waals surface area contributed by atoms with E-state index < -0.39 is 16.8 Å². The number of aromatic amines is 1. The van der Waals surface area contributed by atoms with Crippen LogP contribution in [-0.4, -0.2) is 28.2 Å². The van der Waals surface area contributed by atoms with Crippen LogP contribution in [0.1, 0.15) is 27.4 Å². The predicted molar refractivity (Wildman–Crippen MR) is 108 cm³/mol. The third-order valence-corrected chi connectivity index (χ3v) is 4.95. The largest absolute Gasteiger partial charge is 0.465 e. The van der Waals surface area contributed by atoms with Gasteiger partial charge in [0.15, 0.2) is 0 Å². The number of hydrogen-bond donors (Lipinski definition) is 2. The number of non-ortho nitro benzene ring substituents is 1. The topological polar surface area (TPSA) is 157 Å². The number of nitro groups is 1. The molecule has 0 saturated heterocycles. The van der Waals surface area contributed by atoms with E-state index in [1.807, 2.05) is 0 Å². The molecule has 0 amide bonds. The van der Waals surface area contributed by atoms with Gasteiger partial charge in [-0.05, 0) is 17.7 Å². The van der Waals surface area contributed by atoms with Gasteiger partial charge in [0, 0.05) is 17.7 Å². The van der Waals surface area contributed by atoms with E-state index in [0.29, 0.717) is 27.9 Å². The Bertz CT molecular complexity index is 1270. The minimum atomic E-state index is -0.659. The summed E-state index contributed by atoms with van der Waals surface area (Å²) >= 11 is 0. The summed E-state index contributed by atoms with van der Waals surface area (Å²) in [6, 6.07) is 14.6. The van der Waals surface area contributed by atoms with Crippen LogP contribution in [0.25, 0.3) is 11.3 Å². The van der Waals surface area contributed by atoms with E-state index in [1.165, 1.54) is 19.2 Å². The quantitative estimate of drug-likeness (QED) is 0.372. The lowest BCUT2D eigenvalue weighted by Crippen LogP contribution is -2.21. The van der Waals surface area contributed by atoms with Crippen LogP contribution in [0, 0.1) is 21.4 Å². The Hall–Kier alpha value is -4.65. The number of fused-ring (bicyclic) bond motifs is 1. The molecule has 4 rings (SSSR count). The van der Waals surface area contributed by atoms with Gasteiger partial charge in [0.25, 0.3) is 5.69 Å². The molecule has 3 N–H and O–H groups in total. The monoisotopic (exact) mass is 417 g/mol. The smallest absolute Gasteiger partial charge is 0.337 e. The lowest BCUT2D eigenvalue weighted by Gasteiger charge is -2.24. The second-order valence-corrected chi connectivity index (χ2v) is 6.66. The van der Waals surface area contributed by atoms with Gasteiger partial charge < -0.3 is 15.2 Å². The summed E-state index contributed by atoms with van der Waals surface area (Å²) in [6.07, 6.45) is 0. The third-order valence-electron chi connectivity index (χ3n) is 4.95. The zero-order valence-corrected chi connectivity index (χ0v) is 16.2. The molecule has 0 bridgehead atoms. The molecular weight excluding hydrogens is 402 g/mol. The number of methoxy groups -OCH3 is 1. The molecule has 0 fully saturated rings. The Morgan fingerprint density at radius 2 is 2.06 bits per heavy atom. The highest BCUT2D eigenvalue weighted by Crippen LogP contribution is 2.45. The first-order valence-electron chi connectivity index (χ1n) is 9.03. The van der Waals surface area contributed by atoms with Gasteiger partial charge in [0.1, 0.15) is 11.6 Å². The summed E-state index contributed by atoms with van der Waals surface area (Å²) < 4.78 is 10.3. The molecule has 2 heterocycles. The Labute approximate surface area is 175 Å². The molecule has 1 unspecified atom stereocenters. The highest BCUT2D eigenvalue weighted by atomic mass is 16.6. The highest BCUT2D eigenvalue weighted by Gasteiger charge is 2.35. The fraction of sp³-hybridized carbons (Fsp3) is 0.0952. The number of carbonyl (C=O) groups excluding carboxylic acids is 1. The van der Waals surface area contributed by atoms with Gasteiger partial charge in [0.05, 0.1) is 34.8 Å². The number of benzene rings is 2. The van der Waals surface area contributed by atoms with Crippen molar-refractivity contribution in [2.45, 2.75) is 5.92 Å². The molecule has 10 nitrogen and oxygen atoms in total. The minimum Gasteiger partial charge on any atom is -0.465 e. The Morgan fingerprint density at radius 1 is 1.32 bits per heavy atom. The number of nitrogens with two attached hydrogens (primary N) is 1. The van der Waals surface area contributed by atoms with Gasteiger partial charge in [-0.2, -0.15) is 5.26 Å². The van der Waals surface area contributed by atoms with E-state index >= 15 is 0 Å². The summed E-state index contributed by atoms with van der Waals surface area (Å²) in [5.41, 5.74) is 8.50. The summed E-state index contributed by atoms with van der Waals surface area (Å²) in [7, 11) is 1.29. The molecule has 0 aliphatic carbocycles. The fourth-order valence-electron chi connectivity index (χ4n) is 3.50. The van der Waals surface area contributed by atoms with Crippen molar-refractivity contribution in [1.82, 2.24) is 10.2 Å². The van der Waals surface area contributed by atoms with Gasteiger partial charge in [-0.3, -0.25) is 15.2 Å².